The van der Waals surface area contributed by atoms with Gasteiger partial charge in [-0.2, -0.15) is 0 Å². The highest BCUT2D eigenvalue weighted by atomic mass is 16.5. The normalized spacial score (nSPS) is 24.7. The zero-order valence-corrected chi connectivity index (χ0v) is 11.3. The molecule has 1 aromatic rings. The van der Waals surface area contributed by atoms with Crippen LogP contribution in [0, 0.1) is 20.8 Å². The summed E-state index contributed by atoms with van der Waals surface area (Å²) in [6.07, 6.45) is 2.58. The second kappa shape index (κ2) is 5.09. The summed E-state index contributed by atoms with van der Waals surface area (Å²) in [5.41, 5.74) is 3.85. The molecule has 17 heavy (non-hydrogen) atoms. The van der Waals surface area contributed by atoms with Gasteiger partial charge in [0.05, 0.1) is 0 Å². The van der Waals surface area contributed by atoms with E-state index in [0.717, 1.165) is 25.1 Å². The van der Waals surface area contributed by atoms with Crippen molar-refractivity contribution in [3.05, 3.63) is 28.8 Å². The van der Waals surface area contributed by atoms with Crippen LogP contribution in [0.1, 0.15) is 36.5 Å². The summed E-state index contributed by atoms with van der Waals surface area (Å²) in [7, 11) is 0. The van der Waals surface area contributed by atoms with Gasteiger partial charge in [-0.15, -0.1) is 0 Å². The fraction of sp³-hybridized carbons (Fsp3) is 0.600. The van der Waals surface area contributed by atoms with Gasteiger partial charge in [0.2, 0.25) is 0 Å². The van der Waals surface area contributed by atoms with Crippen molar-refractivity contribution in [2.75, 3.05) is 6.54 Å². The maximum absolute atomic E-state index is 6.23. The van der Waals surface area contributed by atoms with Crippen LogP contribution in [0.5, 0.6) is 5.75 Å². The lowest BCUT2D eigenvalue weighted by Gasteiger charge is -2.29. The minimum absolute atomic E-state index is 0.366. The lowest BCUT2D eigenvalue weighted by molar-refractivity contribution is 0.142. The van der Waals surface area contributed by atoms with E-state index in [1.165, 1.54) is 16.7 Å². The highest BCUT2D eigenvalue weighted by Gasteiger charge is 2.21. The maximum atomic E-state index is 6.23. The van der Waals surface area contributed by atoms with Crippen LogP contribution < -0.4 is 10.1 Å². The SMILES string of the molecule is Cc1ccc(C)c(OC2CCNC(C)C2)c1C. The standard InChI is InChI=1S/C15H23NO/c1-10-5-6-11(2)15(13(10)4)17-14-7-8-16-12(3)9-14/h5-6,12,14,16H,7-9H2,1-4H3. The van der Waals surface area contributed by atoms with Gasteiger partial charge in [0.1, 0.15) is 11.9 Å². The zero-order chi connectivity index (χ0) is 12.4. The molecule has 1 aromatic carbocycles. The minimum Gasteiger partial charge on any atom is -0.490 e. The molecule has 1 fully saturated rings. The van der Waals surface area contributed by atoms with Crippen LogP contribution in [-0.4, -0.2) is 18.7 Å². The Kier molecular flexibility index (Phi) is 3.72. The number of benzene rings is 1. The number of nitrogens with one attached hydrogen (secondary N) is 1. The second-order valence-electron chi connectivity index (χ2n) is 5.27. The van der Waals surface area contributed by atoms with Crippen molar-refractivity contribution < 1.29 is 4.74 Å². The second-order valence-corrected chi connectivity index (χ2v) is 5.27. The summed E-state index contributed by atoms with van der Waals surface area (Å²) in [6, 6.07) is 4.89. The zero-order valence-electron chi connectivity index (χ0n) is 11.3. The Morgan fingerprint density at radius 1 is 1.18 bits per heavy atom. The van der Waals surface area contributed by atoms with Crippen molar-refractivity contribution >= 4 is 0 Å². The Bertz CT molecular complexity index is 400. The van der Waals surface area contributed by atoms with Crippen molar-refractivity contribution in [1.29, 1.82) is 0 Å². The van der Waals surface area contributed by atoms with Crippen molar-refractivity contribution in [2.24, 2.45) is 0 Å². The van der Waals surface area contributed by atoms with E-state index in [1.807, 2.05) is 0 Å². The van der Waals surface area contributed by atoms with Crippen molar-refractivity contribution in [3.63, 3.8) is 0 Å². The number of hydrogen-bond donors (Lipinski definition) is 1. The Balaban J connectivity index is 2.15. The van der Waals surface area contributed by atoms with Crippen LogP contribution >= 0.6 is 0 Å². The summed E-state index contributed by atoms with van der Waals surface area (Å²) < 4.78 is 6.23. The number of piperidine rings is 1. The third-order valence-electron chi connectivity index (χ3n) is 3.73. The van der Waals surface area contributed by atoms with Crippen molar-refractivity contribution in [2.45, 2.75) is 52.7 Å². The van der Waals surface area contributed by atoms with Gasteiger partial charge in [-0.05, 0) is 63.8 Å². The van der Waals surface area contributed by atoms with Crippen LogP contribution in [0.15, 0.2) is 12.1 Å². The smallest absolute Gasteiger partial charge is 0.125 e. The summed E-state index contributed by atoms with van der Waals surface area (Å²) in [6.45, 7) is 9.72. The maximum Gasteiger partial charge on any atom is 0.125 e. The first-order chi connectivity index (χ1) is 8.08. The van der Waals surface area contributed by atoms with E-state index in [0.29, 0.717) is 12.1 Å². The highest BCUT2D eigenvalue weighted by molar-refractivity contribution is 5.44. The molecule has 0 spiro atoms. The summed E-state index contributed by atoms with van der Waals surface area (Å²) in [4.78, 5) is 0. The average Bonchev–Trinajstić information content (AvgIpc) is 2.30. The molecule has 0 amide bonds. The van der Waals surface area contributed by atoms with E-state index in [2.05, 4.69) is 45.1 Å². The molecule has 2 nitrogen and oxygen atoms in total. The number of aryl methyl sites for hydroxylation is 2. The molecule has 0 saturated carbocycles. The Hall–Kier alpha value is -1.02. The molecule has 0 radical (unpaired) electrons. The van der Waals surface area contributed by atoms with Crippen molar-refractivity contribution in [1.82, 2.24) is 5.32 Å². The molecule has 1 N–H and O–H groups in total. The molecule has 1 heterocycles. The molecule has 0 aliphatic carbocycles. The highest BCUT2D eigenvalue weighted by Crippen LogP contribution is 2.28. The summed E-state index contributed by atoms with van der Waals surface area (Å²) in [5.74, 6) is 1.10. The van der Waals surface area contributed by atoms with Crippen LogP contribution in [-0.2, 0) is 0 Å². The molecule has 1 aliphatic rings. The first-order valence-corrected chi connectivity index (χ1v) is 6.54. The van der Waals surface area contributed by atoms with Crippen LogP contribution in [0.3, 0.4) is 0 Å². The van der Waals surface area contributed by atoms with Crippen LogP contribution in [0.2, 0.25) is 0 Å². The van der Waals surface area contributed by atoms with E-state index < -0.39 is 0 Å². The van der Waals surface area contributed by atoms with E-state index in [-0.39, 0.29) is 0 Å². The molecule has 0 bridgehead atoms. The fourth-order valence-corrected chi connectivity index (χ4v) is 2.47. The molecule has 2 unspecified atom stereocenters. The average molecular weight is 233 g/mol. The number of ether oxygens (including phenoxy) is 1. The minimum atomic E-state index is 0.366. The monoisotopic (exact) mass is 233 g/mol. The molecule has 2 heteroatoms. The Labute approximate surface area is 104 Å². The van der Waals surface area contributed by atoms with E-state index in [9.17, 15) is 0 Å². The third kappa shape index (κ3) is 2.81. The predicted octanol–water partition coefficient (Wildman–Crippen LogP) is 3.13. The topological polar surface area (TPSA) is 21.3 Å². The fourth-order valence-electron chi connectivity index (χ4n) is 2.47. The van der Waals surface area contributed by atoms with Crippen molar-refractivity contribution in [3.8, 4) is 5.75 Å². The van der Waals surface area contributed by atoms with Gasteiger partial charge in [0.25, 0.3) is 0 Å². The molecular formula is C15H23NO. The quantitative estimate of drug-likeness (QED) is 0.847. The predicted molar refractivity (Wildman–Crippen MR) is 71.8 cm³/mol. The van der Waals surface area contributed by atoms with Gasteiger partial charge < -0.3 is 10.1 Å². The van der Waals surface area contributed by atoms with E-state index >= 15 is 0 Å². The lowest BCUT2D eigenvalue weighted by atomic mass is 10.0. The third-order valence-corrected chi connectivity index (χ3v) is 3.73. The van der Waals surface area contributed by atoms with Crippen LogP contribution in [0.4, 0.5) is 0 Å². The van der Waals surface area contributed by atoms with Gasteiger partial charge in [-0.3, -0.25) is 0 Å². The largest absolute Gasteiger partial charge is 0.490 e. The van der Waals surface area contributed by atoms with E-state index in [1.54, 1.807) is 0 Å². The van der Waals surface area contributed by atoms with Gasteiger partial charge in [-0.25, -0.2) is 0 Å². The molecule has 1 saturated heterocycles. The summed E-state index contributed by atoms with van der Waals surface area (Å²) >= 11 is 0. The van der Waals surface area contributed by atoms with Gasteiger partial charge in [0, 0.05) is 6.04 Å². The van der Waals surface area contributed by atoms with Gasteiger partial charge >= 0.3 is 0 Å². The Morgan fingerprint density at radius 2 is 1.88 bits per heavy atom. The molecule has 0 aromatic heterocycles. The molecule has 94 valence electrons. The molecule has 1 aliphatic heterocycles. The van der Waals surface area contributed by atoms with Crippen LogP contribution in [0.25, 0.3) is 0 Å². The lowest BCUT2D eigenvalue weighted by Crippen LogP contribution is -2.40. The number of rotatable bonds is 2. The first kappa shape index (κ1) is 12.4. The molecular weight excluding hydrogens is 210 g/mol. The molecule has 2 rings (SSSR count). The van der Waals surface area contributed by atoms with Gasteiger partial charge in [0.15, 0.2) is 0 Å². The van der Waals surface area contributed by atoms with E-state index in [4.69, 9.17) is 4.74 Å². The first-order valence-electron chi connectivity index (χ1n) is 6.54. The van der Waals surface area contributed by atoms with Gasteiger partial charge in [-0.1, -0.05) is 12.1 Å². The Morgan fingerprint density at radius 3 is 2.59 bits per heavy atom. The summed E-state index contributed by atoms with van der Waals surface area (Å²) in [5, 5.41) is 3.46. The number of hydrogen-bond acceptors (Lipinski definition) is 2. The molecule has 2 atom stereocenters.